The van der Waals surface area contributed by atoms with Crippen LogP contribution in [0.15, 0.2) is 12.7 Å². The van der Waals surface area contributed by atoms with Crippen molar-refractivity contribution in [2.24, 2.45) is 5.41 Å². The molecule has 0 fully saturated rings. The van der Waals surface area contributed by atoms with Gasteiger partial charge in [-0.05, 0) is 33.1 Å². The van der Waals surface area contributed by atoms with Crippen molar-refractivity contribution in [2.45, 2.75) is 58.8 Å². The lowest BCUT2D eigenvalue weighted by atomic mass is 9.87. The van der Waals surface area contributed by atoms with Crippen LogP contribution in [-0.2, 0) is 4.79 Å². The van der Waals surface area contributed by atoms with Crippen LogP contribution in [0.25, 0.3) is 0 Å². The molecule has 0 atom stereocenters. The topological polar surface area (TPSA) is 37.3 Å². The second kappa shape index (κ2) is 7.49. The van der Waals surface area contributed by atoms with Crippen LogP contribution in [0.2, 0.25) is 0 Å². The van der Waals surface area contributed by atoms with Crippen molar-refractivity contribution in [1.82, 2.24) is 0 Å². The van der Waals surface area contributed by atoms with Gasteiger partial charge < -0.3 is 5.11 Å². The van der Waals surface area contributed by atoms with E-state index >= 15 is 0 Å². The van der Waals surface area contributed by atoms with Gasteiger partial charge in [0.05, 0.1) is 5.41 Å². The van der Waals surface area contributed by atoms with Crippen LogP contribution in [0, 0.1) is 5.41 Å². The molecule has 0 radical (unpaired) electrons. The van der Waals surface area contributed by atoms with E-state index < -0.39 is 11.4 Å². The lowest BCUT2D eigenvalue weighted by molar-refractivity contribution is -0.147. The number of carbonyl (C=O) groups is 1. The summed E-state index contributed by atoms with van der Waals surface area (Å²) in [6.07, 6.45) is 9.66. The second-order valence-corrected chi connectivity index (χ2v) is 4.78. The summed E-state index contributed by atoms with van der Waals surface area (Å²) in [7, 11) is 0. The number of hydrogen-bond acceptors (Lipinski definition) is 1. The molecule has 0 aliphatic carbocycles. The average molecular weight is 212 g/mol. The zero-order valence-electron chi connectivity index (χ0n) is 10.1. The summed E-state index contributed by atoms with van der Waals surface area (Å²) in [5.41, 5.74) is -0.554. The molecule has 0 aromatic carbocycles. The molecular formula is C13H24O2. The minimum Gasteiger partial charge on any atom is -0.481 e. The fourth-order valence-corrected chi connectivity index (χ4v) is 1.49. The SMILES string of the molecule is C=CCCCCCCCC(C)(C)C(=O)O. The highest BCUT2D eigenvalue weighted by Crippen LogP contribution is 2.24. The van der Waals surface area contributed by atoms with Crippen LogP contribution in [0.1, 0.15) is 58.8 Å². The summed E-state index contributed by atoms with van der Waals surface area (Å²) in [6.45, 7) is 7.28. The number of carboxylic acids is 1. The smallest absolute Gasteiger partial charge is 0.309 e. The van der Waals surface area contributed by atoms with E-state index in [0.29, 0.717) is 0 Å². The minimum absolute atomic E-state index is 0.554. The zero-order valence-corrected chi connectivity index (χ0v) is 10.1. The molecule has 0 saturated carbocycles. The van der Waals surface area contributed by atoms with E-state index in [2.05, 4.69) is 6.58 Å². The first-order chi connectivity index (χ1) is 7.00. The van der Waals surface area contributed by atoms with E-state index in [1.54, 1.807) is 13.8 Å². The molecule has 0 spiro atoms. The van der Waals surface area contributed by atoms with Crippen molar-refractivity contribution in [1.29, 1.82) is 0 Å². The van der Waals surface area contributed by atoms with Crippen LogP contribution in [0.5, 0.6) is 0 Å². The Bertz CT molecular complexity index is 195. The quantitative estimate of drug-likeness (QED) is 0.463. The van der Waals surface area contributed by atoms with Gasteiger partial charge in [-0.15, -0.1) is 6.58 Å². The Labute approximate surface area is 93.4 Å². The summed E-state index contributed by atoms with van der Waals surface area (Å²) < 4.78 is 0. The van der Waals surface area contributed by atoms with E-state index in [0.717, 1.165) is 25.7 Å². The van der Waals surface area contributed by atoms with E-state index in [-0.39, 0.29) is 0 Å². The fourth-order valence-electron chi connectivity index (χ4n) is 1.49. The molecule has 0 rings (SSSR count). The molecule has 0 unspecified atom stereocenters. The first kappa shape index (κ1) is 14.2. The van der Waals surface area contributed by atoms with Crippen molar-refractivity contribution in [3.8, 4) is 0 Å². The average Bonchev–Trinajstić information content (AvgIpc) is 2.16. The molecule has 2 nitrogen and oxygen atoms in total. The minimum atomic E-state index is -0.686. The van der Waals surface area contributed by atoms with Crippen molar-refractivity contribution in [2.75, 3.05) is 0 Å². The van der Waals surface area contributed by atoms with Gasteiger partial charge >= 0.3 is 5.97 Å². The molecule has 0 aromatic rings. The molecule has 1 N–H and O–H groups in total. The predicted molar refractivity (Wildman–Crippen MR) is 63.9 cm³/mol. The van der Waals surface area contributed by atoms with Gasteiger partial charge in [0, 0.05) is 0 Å². The van der Waals surface area contributed by atoms with Crippen LogP contribution in [0.3, 0.4) is 0 Å². The maximum absolute atomic E-state index is 10.8. The van der Waals surface area contributed by atoms with Crippen molar-refractivity contribution >= 4 is 5.97 Å². The number of carboxylic acid groups (broad SMARTS) is 1. The van der Waals surface area contributed by atoms with Gasteiger partial charge in [0.1, 0.15) is 0 Å². The Morgan fingerprint density at radius 3 is 2.27 bits per heavy atom. The van der Waals surface area contributed by atoms with Crippen LogP contribution >= 0.6 is 0 Å². The predicted octanol–water partition coefficient (Wildman–Crippen LogP) is 4.01. The van der Waals surface area contributed by atoms with Gasteiger partial charge in [-0.1, -0.05) is 31.8 Å². The maximum Gasteiger partial charge on any atom is 0.309 e. The van der Waals surface area contributed by atoms with Crippen molar-refractivity contribution < 1.29 is 9.90 Å². The Balaban J connectivity index is 3.38. The first-order valence-electron chi connectivity index (χ1n) is 5.85. The second-order valence-electron chi connectivity index (χ2n) is 4.78. The third-order valence-corrected chi connectivity index (χ3v) is 2.79. The summed E-state index contributed by atoms with van der Waals surface area (Å²) in [5, 5.41) is 8.90. The molecule has 0 aromatic heterocycles. The lowest BCUT2D eigenvalue weighted by Gasteiger charge is -2.18. The molecule has 88 valence electrons. The molecule has 0 saturated heterocycles. The van der Waals surface area contributed by atoms with Gasteiger partial charge in [-0.2, -0.15) is 0 Å². The van der Waals surface area contributed by atoms with E-state index in [1.165, 1.54) is 19.3 Å². The fraction of sp³-hybridized carbons (Fsp3) is 0.769. The standard InChI is InChI=1S/C13H24O2/c1-4-5-6-7-8-9-10-11-13(2,3)12(14)15/h4H,1,5-11H2,2-3H3,(H,14,15). The number of rotatable bonds is 9. The van der Waals surface area contributed by atoms with Gasteiger partial charge in [-0.3, -0.25) is 4.79 Å². The third-order valence-electron chi connectivity index (χ3n) is 2.79. The van der Waals surface area contributed by atoms with Crippen LogP contribution in [-0.4, -0.2) is 11.1 Å². The van der Waals surface area contributed by atoms with Gasteiger partial charge in [0.2, 0.25) is 0 Å². The molecule has 0 bridgehead atoms. The normalized spacial score (nSPS) is 11.3. The Kier molecular flexibility index (Phi) is 7.10. The largest absolute Gasteiger partial charge is 0.481 e. The van der Waals surface area contributed by atoms with Crippen molar-refractivity contribution in [3.63, 3.8) is 0 Å². The molecular weight excluding hydrogens is 188 g/mol. The first-order valence-corrected chi connectivity index (χ1v) is 5.85. The lowest BCUT2D eigenvalue weighted by Crippen LogP contribution is -2.23. The Morgan fingerprint density at radius 1 is 1.20 bits per heavy atom. The Hall–Kier alpha value is -0.790. The number of unbranched alkanes of at least 4 members (excludes halogenated alkanes) is 5. The molecule has 2 heteroatoms. The number of allylic oxidation sites excluding steroid dienone is 1. The summed E-state index contributed by atoms with van der Waals surface area (Å²) in [4.78, 5) is 10.8. The molecule has 0 aliphatic rings. The van der Waals surface area contributed by atoms with Crippen LogP contribution in [0.4, 0.5) is 0 Å². The van der Waals surface area contributed by atoms with Gasteiger partial charge in [0.15, 0.2) is 0 Å². The number of hydrogen-bond donors (Lipinski definition) is 1. The third kappa shape index (κ3) is 7.18. The molecule has 0 amide bonds. The summed E-state index contributed by atoms with van der Waals surface area (Å²) in [5.74, 6) is -0.686. The molecule has 15 heavy (non-hydrogen) atoms. The maximum atomic E-state index is 10.8. The molecule has 0 aliphatic heterocycles. The van der Waals surface area contributed by atoms with Crippen LogP contribution < -0.4 is 0 Å². The summed E-state index contributed by atoms with van der Waals surface area (Å²) >= 11 is 0. The molecule has 0 heterocycles. The number of aliphatic carboxylic acids is 1. The Morgan fingerprint density at radius 2 is 1.73 bits per heavy atom. The highest BCUT2D eigenvalue weighted by molar-refractivity contribution is 5.73. The summed E-state index contributed by atoms with van der Waals surface area (Å²) in [6, 6.07) is 0. The highest BCUT2D eigenvalue weighted by Gasteiger charge is 2.25. The van der Waals surface area contributed by atoms with Gasteiger partial charge in [0.25, 0.3) is 0 Å². The van der Waals surface area contributed by atoms with Crippen molar-refractivity contribution in [3.05, 3.63) is 12.7 Å². The zero-order chi connectivity index (χ0) is 11.7. The van der Waals surface area contributed by atoms with E-state index in [1.807, 2.05) is 6.08 Å². The van der Waals surface area contributed by atoms with Gasteiger partial charge in [-0.25, -0.2) is 0 Å². The van der Waals surface area contributed by atoms with E-state index in [4.69, 9.17) is 5.11 Å². The monoisotopic (exact) mass is 212 g/mol. The van der Waals surface area contributed by atoms with E-state index in [9.17, 15) is 4.79 Å². The highest BCUT2D eigenvalue weighted by atomic mass is 16.4.